The molecule has 6 heteroatoms. The highest BCUT2D eigenvalue weighted by atomic mass is 32.2. The van der Waals surface area contributed by atoms with Gasteiger partial charge in [0.2, 0.25) is 0 Å². The lowest BCUT2D eigenvalue weighted by molar-refractivity contribution is 0.602. The number of sulfone groups is 1. The van der Waals surface area contributed by atoms with Crippen molar-refractivity contribution < 1.29 is 8.42 Å². The summed E-state index contributed by atoms with van der Waals surface area (Å²) in [4.78, 5) is 9.44. The number of fused-ring (bicyclic) bond motifs is 1. The van der Waals surface area contributed by atoms with Crippen molar-refractivity contribution in [3.63, 3.8) is 0 Å². The van der Waals surface area contributed by atoms with Crippen LogP contribution >= 0.6 is 0 Å². The first-order valence-electron chi connectivity index (χ1n) is 10.3. The van der Waals surface area contributed by atoms with Crippen LogP contribution in [0.3, 0.4) is 0 Å². The molecule has 0 spiro atoms. The lowest BCUT2D eigenvalue weighted by Crippen LogP contribution is -2.00. The van der Waals surface area contributed by atoms with E-state index < -0.39 is 9.84 Å². The molecule has 5 nitrogen and oxygen atoms in total. The summed E-state index contributed by atoms with van der Waals surface area (Å²) >= 11 is 0. The van der Waals surface area contributed by atoms with E-state index in [2.05, 4.69) is 58.1 Å². The Bertz CT molecular complexity index is 1490. The summed E-state index contributed by atoms with van der Waals surface area (Å²) < 4.78 is 25.7. The van der Waals surface area contributed by atoms with E-state index in [-0.39, 0.29) is 4.90 Å². The van der Waals surface area contributed by atoms with Crippen molar-refractivity contribution in [2.45, 2.75) is 11.3 Å². The number of pyridine rings is 1. The SMILES string of the molecule is CS(=O)(=O)c1ccc(-c2nc3ncccc3n2-c2ccc(Cc3ccccc3)cc2)cc1. The van der Waals surface area contributed by atoms with E-state index >= 15 is 0 Å². The summed E-state index contributed by atoms with van der Waals surface area (Å²) in [5.41, 5.74) is 5.82. The Hall–Kier alpha value is -3.77. The van der Waals surface area contributed by atoms with Crippen molar-refractivity contribution in [1.29, 1.82) is 0 Å². The van der Waals surface area contributed by atoms with E-state index in [0.717, 1.165) is 29.0 Å². The van der Waals surface area contributed by atoms with Crippen LogP contribution in [0.1, 0.15) is 11.1 Å². The number of hydrogen-bond acceptors (Lipinski definition) is 4. The van der Waals surface area contributed by atoms with Crippen LogP contribution in [0.5, 0.6) is 0 Å². The zero-order valence-electron chi connectivity index (χ0n) is 17.5. The molecular formula is C26H21N3O2S. The molecule has 0 bridgehead atoms. The maximum Gasteiger partial charge on any atom is 0.178 e. The van der Waals surface area contributed by atoms with Gasteiger partial charge in [-0.1, -0.05) is 42.5 Å². The number of rotatable bonds is 5. The van der Waals surface area contributed by atoms with Crippen LogP contribution in [0.15, 0.2) is 102 Å². The number of benzene rings is 3. The maximum atomic E-state index is 11.8. The lowest BCUT2D eigenvalue weighted by Gasteiger charge is -2.11. The van der Waals surface area contributed by atoms with Gasteiger partial charge in [0.25, 0.3) is 0 Å². The number of nitrogens with zero attached hydrogens (tertiary/aromatic N) is 3. The third-order valence-corrected chi connectivity index (χ3v) is 6.55. The summed E-state index contributed by atoms with van der Waals surface area (Å²) in [6, 6.07) is 29.5. The maximum absolute atomic E-state index is 11.8. The van der Waals surface area contributed by atoms with Crippen LogP contribution in [0, 0.1) is 0 Å². The molecule has 3 aromatic carbocycles. The predicted octanol–water partition coefficient (Wildman–Crippen LogP) is 5.08. The van der Waals surface area contributed by atoms with Gasteiger partial charge in [0.1, 0.15) is 5.82 Å². The van der Waals surface area contributed by atoms with Gasteiger partial charge in [-0.2, -0.15) is 0 Å². The van der Waals surface area contributed by atoms with Gasteiger partial charge in [0.15, 0.2) is 15.5 Å². The zero-order valence-corrected chi connectivity index (χ0v) is 18.3. The Labute approximate surface area is 186 Å². The molecule has 5 rings (SSSR count). The molecule has 0 radical (unpaired) electrons. The Morgan fingerprint density at radius 3 is 2.16 bits per heavy atom. The predicted molar refractivity (Wildman–Crippen MR) is 127 cm³/mol. The number of hydrogen-bond donors (Lipinski definition) is 0. The average Bonchev–Trinajstić information content (AvgIpc) is 3.19. The second-order valence-electron chi connectivity index (χ2n) is 7.74. The second-order valence-corrected chi connectivity index (χ2v) is 9.76. The highest BCUT2D eigenvalue weighted by Gasteiger charge is 2.16. The van der Waals surface area contributed by atoms with Gasteiger partial charge in [-0.25, -0.2) is 18.4 Å². The fourth-order valence-electron chi connectivity index (χ4n) is 3.81. The van der Waals surface area contributed by atoms with Crippen molar-refractivity contribution >= 4 is 21.0 Å². The first-order chi connectivity index (χ1) is 15.5. The van der Waals surface area contributed by atoms with E-state index in [1.807, 2.05) is 18.2 Å². The van der Waals surface area contributed by atoms with Crippen LogP contribution in [0.4, 0.5) is 0 Å². The van der Waals surface area contributed by atoms with E-state index in [1.54, 1.807) is 30.5 Å². The highest BCUT2D eigenvalue weighted by molar-refractivity contribution is 7.90. The molecule has 2 heterocycles. The van der Waals surface area contributed by atoms with Gasteiger partial charge in [-0.15, -0.1) is 0 Å². The molecular weight excluding hydrogens is 418 g/mol. The van der Waals surface area contributed by atoms with Crippen molar-refractivity contribution in [3.05, 3.63) is 108 Å². The van der Waals surface area contributed by atoms with Crippen LogP contribution in [0.25, 0.3) is 28.2 Å². The largest absolute Gasteiger partial charge is 0.291 e. The molecule has 0 atom stereocenters. The fraction of sp³-hybridized carbons (Fsp3) is 0.0769. The zero-order chi connectivity index (χ0) is 22.1. The molecule has 0 aliphatic carbocycles. The van der Waals surface area contributed by atoms with Gasteiger partial charge >= 0.3 is 0 Å². The van der Waals surface area contributed by atoms with Gasteiger partial charge in [0.05, 0.1) is 10.4 Å². The molecule has 32 heavy (non-hydrogen) atoms. The summed E-state index contributed by atoms with van der Waals surface area (Å²) in [6.45, 7) is 0. The Kier molecular flexibility index (Phi) is 5.07. The quantitative estimate of drug-likeness (QED) is 0.383. The third kappa shape index (κ3) is 3.92. The minimum Gasteiger partial charge on any atom is -0.291 e. The van der Waals surface area contributed by atoms with Crippen molar-refractivity contribution in [3.8, 4) is 17.1 Å². The van der Waals surface area contributed by atoms with Crippen molar-refractivity contribution in [2.75, 3.05) is 6.26 Å². The first kappa shape index (κ1) is 20.2. The molecule has 0 amide bonds. The second kappa shape index (κ2) is 8.05. The molecule has 0 fully saturated rings. The summed E-state index contributed by atoms with van der Waals surface area (Å²) in [7, 11) is -3.26. The third-order valence-electron chi connectivity index (χ3n) is 5.42. The van der Waals surface area contributed by atoms with Crippen LogP contribution in [-0.2, 0) is 16.3 Å². The van der Waals surface area contributed by atoms with Gasteiger partial charge in [-0.05, 0) is 66.1 Å². The molecule has 0 N–H and O–H groups in total. The topological polar surface area (TPSA) is 64.8 Å². The van der Waals surface area contributed by atoms with Crippen molar-refractivity contribution in [1.82, 2.24) is 14.5 Å². The molecule has 0 unspecified atom stereocenters. The minimum atomic E-state index is -3.26. The van der Waals surface area contributed by atoms with Gasteiger partial charge in [-0.3, -0.25) is 4.57 Å². The molecule has 0 aliphatic rings. The van der Waals surface area contributed by atoms with Gasteiger partial charge in [0, 0.05) is 23.7 Å². The lowest BCUT2D eigenvalue weighted by atomic mass is 10.0. The normalized spacial score (nSPS) is 11.7. The van der Waals surface area contributed by atoms with E-state index in [9.17, 15) is 8.42 Å². The fourth-order valence-corrected chi connectivity index (χ4v) is 4.44. The standard InChI is InChI=1S/C26H21N3O2S/c1-32(30,31)23-15-11-21(12-16-23)26-28-25-24(8-5-17-27-25)29(26)22-13-9-20(10-14-22)18-19-6-3-2-4-7-19/h2-17H,18H2,1H3. The Balaban J connectivity index is 1.58. The minimum absolute atomic E-state index is 0.285. The van der Waals surface area contributed by atoms with Crippen LogP contribution in [-0.4, -0.2) is 29.2 Å². The van der Waals surface area contributed by atoms with Crippen molar-refractivity contribution in [2.24, 2.45) is 0 Å². The molecule has 158 valence electrons. The van der Waals surface area contributed by atoms with E-state index in [4.69, 9.17) is 4.98 Å². The Morgan fingerprint density at radius 2 is 1.47 bits per heavy atom. The molecule has 0 aliphatic heterocycles. The summed E-state index contributed by atoms with van der Waals surface area (Å²) in [5.74, 6) is 0.717. The first-order valence-corrected chi connectivity index (χ1v) is 12.2. The molecule has 0 saturated carbocycles. The average molecular weight is 440 g/mol. The number of aromatic nitrogens is 3. The summed E-state index contributed by atoms with van der Waals surface area (Å²) in [6.07, 6.45) is 3.80. The van der Waals surface area contributed by atoms with E-state index in [1.165, 1.54) is 17.4 Å². The van der Waals surface area contributed by atoms with Gasteiger partial charge < -0.3 is 0 Å². The molecule has 0 saturated heterocycles. The van der Waals surface area contributed by atoms with E-state index in [0.29, 0.717) is 5.65 Å². The van der Waals surface area contributed by atoms with Crippen LogP contribution < -0.4 is 0 Å². The Morgan fingerprint density at radius 1 is 0.781 bits per heavy atom. The van der Waals surface area contributed by atoms with Crippen LogP contribution in [0.2, 0.25) is 0 Å². The smallest absolute Gasteiger partial charge is 0.178 e. The summed E-state index contributed by atoms with van der Waals surface area (Å²) in [5, 5.41) is 0. The number of imidazole rings is 1. The molecule has 2 aromatic heterocycles. The highest BCUT2D eigenvalue weighted by Crippen LogP contribution is 2.29. The molecule has 5 aromatic rings. The monoisotopic (exact) mass is 439 g/mol.